The lowest BCUT2D eigenvalue weighted by molar-refractivity contribution is -0.144. The number of nitrogens with one attached hydrogen (secondary N) is 1. The molecule has 108 valence electrons. The molecule has 7 heteroatoms. The Morgan fingerprint density at radius 1 is 1.42 bits per heavy atom. The van der Waals surface area contributed by atoms with Crippen LogP contribution in [-0.4, -0.2) is 53.2 Å². The Labute approximate surface area is 111 Å². The lowest BCUT2D eigenvalue weighted by Gasteiger charge is -2.36. The van der Waals surface area contributed by atoms with Gasteiger partial charge < -0.3 is 20.1 Å². The molecule has 0 saturated carbocycles. The van der Waals surface area contributed by atoms with Gasteiger partial charge in [-0.1, -0.05) is 0 Å². The molecule has 0 aromatic carbocycles. The Morgan fingerprint density at radius 3 is 2.53 bits per heavy atom. The summed E-state index contributed by atoms with van der Waals surface area (Å²) in [5, 5.41) is 11.6. The van der Waals surface area contributed by atoms with Crippen LogP contribution in [0.5, 0.6) is 0 Å². The Kier molecular flexibility index (Phi) is 4.74. The topological polar surface area (TPSA) is 95.9 Å². The van der Waals surface area contributed by atoms with Gasteiger partial charge in [0.1, 0.15) is 5.60 Å². The highest BCUT2D eigenvalue weighted by Gasteiger charge is 2.37. The summed E-state index contributed by atoms with van der Waals surface area (Å²) >= 11 is 0. The third-order valence-corrected chi connectivity index (χ3v) is 2.86. The molecule has 0 aliphatic carbocycles. The molecule has 1 aliphatic heterocycles. The number of ether oxygens (including phenoxy) is 1. The lowest BCUT2D eigenvalue weighted by atomic mass is 9.92. The van der Waals surface area contributed by atoms with Gasteiger partial charge in [-0.2, -0.15) is 0 Å². The number of likely N-dealkylation sites (tertiary alicyclic amines) is 1. The lowest BCUT2D eigenvalue weighted by Crippen LogP contribution is -2.54. The van der Waals surface area contributed by atoms with Crippen molar-refractivity contribution in [3.8, 4) is 0 Å². The highest BCUT2D eigenvalue weighted by Crippen LogP contribution is 2.20. The minimum Gasteiger partial charge on any atom is -0.481 e. The molecule has 7 nitrogen and oxygen atoms in total. The Bertz CT molecular complexity index is 364. The van der Waals surface area contributed by atoms with E-state index in [2.05, 4.69) is 5.32 Å². The summed E-state index contributed by atoms with van der Waals surface area (Å²) in [5.74, 6) is -1.85. The number of nitrogens with zero attached hydrogens (tertiary/aromatic N) is 1. The average Bonchev–Trinajstić information content (AvgIpc) is 2.27. The van der Waals surface area contributed by atoms with E-state index in [4.69, 9.17) is 9.84 Å². The largest absolute Gasteiger partial charge is 0.481 e. The minimum atomic E-state index is -1.03. The van der Waals surface area contributed by atoms with Crippen molar-refractivity contribution in [3.63, 3.8) is 0 Å². The summed E-state index contributed by atoms with van der Waals surface area (Å²) in [6, 6.07) is -0.450. The van der Waals surface area contributed by atoms with E-state index in [1.165, 1.54) is 4.90 Å². The van der Waals surface area contributed by atoms with Crippen LogP contribution in [0, 0.1) is 5.92 Å². The molecule has 0 spiro atoms. The van der Waals surface area contributed by atoms with Gasteiger partial charge in [-0.3, -0.25) is 9.59 Å². The van der Waals surface area contributed by atoms with Gasteiger partial charge in [0.05, 0.1) is 5.92 Å². The number of hydrogen-bond donors (Lipinski definition) is 2. The molecule has 1 rings (SSSR count). The molecule has 0 unspecified atom stereocenters. The summed E-state index contributed by atoms with van der Waals surface area (Å²) < 4.78 is 5.20. The van der Waals surface area contributed by atoms with E-state index in [1.54, 1.807) is 20.8 Å². The minimum absolute atomic E-state index is 0.0375. The molecule has 2 amide bonds. The molecule has 1 heterocycles. The first-order chi connectivity index (χ1) is 8.74. The number of carbonyl (C=O) groups is 3. The monoisotopic (exact) mass is 272 g/mol. The van der Waals surface area contributed by atoms with E-state index in [0.29, 0.717) is 19.4 Å². The summed E-state index contributed by atoms with van der Waals surface area (Å²) in [6.07, 6.45) is 0.363. The van der Waals surface area contributed by atoms with Crippen LogP contribution in [0.25, 0.3) is 0 Å². The molecule has 0 bridgehead atoms. The molecule has 0 radical (unpaired) electrons. The van der Waals surface area contributed by atoms with E-state index in [-0.39, 0.29) is 6.54 Å². The number of piperidine rings is 1. The molecule has 0 aromatic rings. The predicted octanol–water partition coefficient (Wildman–Crippen LogP) is 0.443. The zero-order valence-electron chi connectivity index (χ0n) is 11.4. The van der Waals surface area contributed by atoms with Gasteiger partial charge in [0.2, 0.25) is 6.41 Å². The van der Waals surface area contributed by atoms with Crippen LogP contribution in [0.15, 0.2) is 0 Å². The Balaban J connectivity index is 2.68. The van der Waals surface area contributed by atoms with Crippen molar-refractivity contribution in [2.75, 3.05) is 13.1 Å². The summed E-state index contributed by atoms with van der Waals surface area (Å²) in [4.78, 5) is 34.8. The van der Waals surface area contributed by atoms with Gasteiger partial charge >= 0.3 is 12.1 Å². The Hall–Kier alpha value is -1.79. The van der Waals surface area contributed by atoms with Crippen LogP contribution in [0.2, 0.25) is 0 Å². The SMILES string of the molecule is CC(C)(C)OC(=O)N1CC[C@@H](NC=O)[C@H](C(=O)O)C1. The van der Waals surface area contributed by atoms with Crippen molar-refractivity contribution in [2.45, 2.75) is 38.8 Å². The number of carboxylic acid groups (broad SMARTS) is 1. The van der Waals surface area contributed by atoms with Gasteiger partial charge in [-0.05, 0) is 27.2 Å². The van der Waals surface area contributed by atoms with Crippen molar-refractivity contribution in [1.29, 1.82) is 0 Å². The first-order valence-electron chi connectivity index (χ1n) is 6.15. The number of rotatable bonds is 3. The summed E-state index contributed by atoms with van der Waals surface area (Å²) in [5.41, 5.74) is -0.617. The normalized spacial score (nSPS) is 23.6. The van der Waals surface area contributed by atoms with Crippen molar-refractivity contribution in [3.05, 3.63) is 0 Å². The molecule has 1 fully saturated rings. The van der Waals surface area contributed by atoms with E-state index in [1.807, 2.05) is 0 Å². The fourth-order valence-corrected chi connectivity index (χ4v) is 1.98. The quantitative estimate of drug-likeness (QED) is 0.727. The fraction of sp³-hybridized carbons (Fsp3) is 0.750. The third kappa shape index (κ3) is 4.42. The molecule has 1 saturated heterocycles. The van der Waals surface area contributed by atoms with Crippen LogP contribution in [-0.2, 0) is 14.3 Å². The van der Waals surface area contributed by atoms with E-state index in [9.17, 15) is 14.4 Å². The van der Waals surface area contributed by atoms with Crippen molar-refractivity contribution < 1.29 is 24.2 Å². The van der Waals surface area contributed by atoms with Crippen molar-refractivity contribution >= 4 is 18.5 Å². The fourth-order valence-electron chi connectivity index (χ4n) is 1.98. The first-order valence-corrected chi connectivity index (χ1v) is 6.15. The average molecular weight is 272 g/mol. The van der Waals surface area contributed by atoms with E-state index >= 15 is 0 Å². The molecule has 0 aromatic heterocycles. The second-order valence-electron chi connectivity index (χ2n) is 5.55. The van der Waals surface area contributed by atoms with Gasteiger partial charge in [0.25, 0.3) is 0 Å². The number of aliphatic carboxylic acids is 1. The number of carboxylic acids is 1. The van der Waals surface area contributed by atoms with Crippen LogP contribution in [0.4, 0.5) is 4.79 Å². The first kappa shape index (κ1) is 15.3. The highest BCUT2D eigenvalue weighted by molar-refractivity contribution is 5.74. The molecule has 2 atom stereocenters. The summed E-state index contributed by atoms with van der Waals surface area (Å²) in [7, 11) is 0. The molecule has 19 heavy (non-hydrogen) atoms. The molecule has 2 N–H and O–H groups in total. The number of hydrogen-bond acceptors (Lipinski definition) is 4. The molecular weight excluding hydrogens is 252 g/mol. The van der Waals surface area contributed by atoms with Crippen LogP contribution >= 0.6 is 0 Å². The number of amides is 2. The van der Waals surface area contributed by atoms with Gasteiger partial charge in [-0.15, -0.1) is 0 Å². The Morgan fingerprint density at radius 2 is 2.05 bits per heavy atom. The van der Waals surface area contributed by atoms with Crippen LogP contribution in [0.1, 0.15) is 27.2 Å². The zero-order valence-corrected chi connectivity index (χ0v) is 11.4. The summed E-state index contributed by atoms with van der Waals surface area (Å²) in [6.45, 7) is 5.65. The van der Waals surface area contributed by atoms with Crippen molar-refractivity contribution in [1.82, 2.24) is 10.2 Å². The molecule has 1 aliphatic rings. The third-order valence-electron chi connectivity index (χ3n) is 2.86. The smallest absolute Gasteiger partial charge is 0.410 e. The maximum absolute atomic E-state index is 11.9. The number of carbonyl (C=O) groups excluding carboxylic acids is 2. The van der Waals surface area contributed by atoms with Crippen LogP contribution in [0.3, 0.4) is 0 Å². The maximum atomic E-state index is 11.9. The van der Waals surface area contributed by atoms with Gasteiger partial charge in [0.15, 0.2) is 0 Å². The van der Waals surface area contributed by atoms with Crippen LogP contribution < -0.4 is 5.32 Å². The van der Waals surface area contributed by atoms with E-state index < -0.39 is 29.6 Å². The maximum Gasteiger partial charge on any atom is 0.410 e. The predicted molar refractivity (Wildman–Crippen MR) is 66.5 cm³/mol. The standard InChI is InChI=1S/C12H20N2O5/c1-12(2,3)19-11(18)14-5-4-9(13-7-15)8(6-14)10(16)17/h7-9H,4-6H2,1-3H3,(H,13,15)(H,16,17)/t8-,9-/m1/s1. The van der Waals surface area contributed by atoms with Gasteiger partial charge in [-0.25, -0.2) is 4.79 Å². The van der Waals surface area contributed by atoms with Crippen molar-refractivity contribution in [2.24, 2.45) is 5.92 Å². The van der Waals surface area contributed by atoms with E-state index in [0.717, 1.165) is 0 Å². The molecular formula is C12H20N2O5. The van der Waals surface area contributed by atoms with Gasteiger partial charge in [0, 0.05) is 19.1 Å². The zero-order chi connectivity index (χ0) is 14.6. The second-order valence-corrected chi connectivity index (χ2v) is 5.55. The highest BCUT2D eigenvalue weighted by atomic mass is 16.6. The second kappa shape index (κ2) is 5.90.